The van der Waals surface area contributed by atoms with Crippen LogP contribution in [-0.2, 0) is 0 Å². The molecule has 5 nitrogen and oxygen atoms in total. The molecule has 0 aromatic carbocycles. The number of aryl methyl sites for hydroxylation is 1. The highest BCUT2D eigenvalue weighted by Gasteiger charge is 2.12. The lowest BCUT2D eigenvalue weighted by Gasteiger charge is -2.03. The third-order valence-corrected chi connectivity index (χ3v) is 2.21. The van der Waals surface area contributed by atoms with E-state index in [2.05, 4.69) is 9.97 Å². The molecule has 0 aliphatic heterocycles. The molecule has 0 radical (unpaired) electrons. The van der Waals surface area contributed by atoms with Crippen LogP contribution in [-0.4, -0.2) is 15.1 Å². The molecule has 0 aliphatic carbocycles. The van der Waals surface area contributed by atoms with E-state index < -0.39 is 5.63 Å². The first-order valence-corrected chi connectivity index (χ1v) is 4.88. The van der Waals surface area contributed by atoms with E-state index in [4.69, 9.17) is 16.6 Å². The van der Waals surface area contributed by atoms with Crippen LogP contribution >= 0.6 is 12.2 Å². The lowest BCUT2D eigenvalue weighted by atomic mass is 10.2. The number of aromatic hydroxyl groups is 1. The zero-order valence-corrected chi connectivity index (χ0v) is 9.17. The Hall–Kier alpha value is -1.95. The molecule has 82 valence electrons. The monoisotopic (exact) mass is 236 g/mol. The van der Waals surface area contributed by atoms with Crippen LogP contribution in [0.2, 0.25) is 0 Å². The van der Waals surface area contributed by atoms with E-state index in [1.165, 1.54) is 18.3 Å². The average molecular weight is 236 g/mol. The maximum atomic E-state index is 11.6. The van der Waals surface area contributed by atoms with Crippen LogP contribution in [0.4, 0.5) is 0 Å². The van der Waals surface area contributed by atoms with E-state index in [1.54, 1.807) is 6.92 Å². The Balaban J connectivity index is 2.74. The molecule has 2 aromatic rings. The standard InChI is InChI=1S/C10H8N2O3S/c1-5-4-7(13)8(9(14)15-5)6-2-3-11-10(16)12-6/h2-4,13H,1H3,(H,11,12,16). The van der Waals surface area contributed by atoms with Crippen molar-refractivity contribution in [2.45, 2.75) is 6.92 Å². The van der Waals surface area contributed by atoms with Crippen molar-refractivity contribution in [3.8, 4) is 17.0 Å². The van der Waals surface area contributed by atoms with E-state index in [9.17, 15) is 9.90 Å². The van der Waals surface area contributed by atoms with Crippen molar-refractivity contribution < 1.29 is 9.52 Å². The van der Waals surface area contributed by atoms with Crippen LogP contribution in [0.15, 0.2) is 27.5 Å². The van der Waals surface area contributed by atoms with Gasteiger partial charge in [-0.15, -0.1) is 0 Å². The van der Waals surface area contributed by atoms with Gasteiger partial charge in [-0.05, 0) is 25.2 Å². The largest absolute Gasteiger partial charge is 0.507 e. The minimum Gasteiger partial charge on any atom is -0.507 e. The SMILES string of the molecule is Cc1cc(O)c(-c2ccnc(=S)[nH]2)c(=O)o1. The molecular weight excluding hydrogens is 228 g/mol. The Kier molecular flexibility index (Phi) is 2.57. The van der Waals surface area contributed by atoms with Gasteiger partial charge in [-0.2, -0.15) is 0 Å². The van der Waals surface area contributed by atoms with E-state index in [0.717, 1.165) is 0 Å². The van der Waals surface area contributed by atoms with Gasteiger partial charge in [-0.25, -0.2) is 9.78 Å². The summed E-state index contributed by atoms with van der Waals surface area (Å²) in [6, 6.07) is 2.91. The summed E-state index contributed by atoms with van der Waals surface area (Å²) in [5, 5.41) is 9.68. The third-order valence-electron chi connectivity index (χ3n) is 2.00. The Labute approximate surface area is 95.4 Å². The zero-order chi connectivity index (χ0) is 11.7. The van der Waals surface area contributed by atoms with E-state index in [1.807, 2.05) is 0 Å². The smallest absolute Gasteiger partial charge is 0.349 e. The summed E-state index contributed by atoms with van der Waals surface area (Å²) < 4.78 is 5.13. The number of nitrogens with zero attached hydrogens (tertiary/aromatic N) is 1. The number of aromatic nitrogens is 2. The van der Waals surface area contributed by atoms with Crippen LogP contribution in [0.1, 0.15) is 5.76 Å². The third kappa shape index (κ3) is 1.87. The van der Waals surface area contributed by atoms with Crippen molar-refractivity contribution in [3.05, 3.63) is 39.3 Å². The first-order chi connectivity index (χ1) is 7.58. The topological polar surface area (TPSA) is 79.1 Å². The summed E-state index contributed by atoms with van der Waals surface area (Å²) in [5.41, 5.74) is -0.181. The molecule has 0 saturated carbocycles. The lowest BCUT2D eigenvalue weighted by molar-refractivity contribution is 0.438. The van der Waals surface area contributed by atoms with Crippen molar-refractivity contribution in [3.63, 3.8) is 0 Å². The van der Waals surface area contributed by atoms with Gasteiger partial charge in [-0.3, -0.25) is 0 Å². The molecule has 0 atom stereocenters. The Morgan fingerprint density at radius 3 is 2.94 bits per heavy atom. The number of nitrogens with one attached hydrogen (secondary N) is 1. The van der Waals surface area contributed by atoms with Gasteiger partial charge in [0.2, 0.25) is 0 Å². The maximum Gasteiger partial charge on any atom is 0.349 e. The second-order valence-corrected chi connectivity index (χ2v) is 3.58. The highest BCUT2D eigenvalue weighted by Crippen LogP contribution is 2.23. The summed E-state index contributed by atoms with van der Waals surface area (Å²) in [7, 11) is 0. The second kappa shape index (κ2) is 3.90. The number of hydrogen-bond donors (Lipinski definition) is 2. The molecule has 0 amide bonds. The first-order valence-electron chi connectivity index (χ1n) is 4.47. The fraction of sp³-hybridized carbons (Fsp3) is 0.100. The van der Waals surface area contributed by atoms with Crippen LogP contribution in [0.25, 0.3) is 11.3 Å². The molecule has 2 N–H and O–H groups in total. The zero-order valence-electron chi connectivity index (χ0n) is 8.35. The Morgan fingerprint density at radius 1 is 1.56 bits per heavy atom. The van der Waals surface area contributed by atoms with E-state index >= 15 is 0 Å². The molecule has 0 aliphatic rings. The summed E-state index contributed by atoms with van der Waals surface area (Å²) in [6.07, 6.45) is 1.45. The van der Waals surface area contributed by atoms with Crippen molar-refractivity contribution in [2.75, 3.05) is 0 Å². The summed E-state index contributed by atoms with van der Waals surface area (Å²) >= 11 is 4.83. The van der Waals surface area contributed by atoms with Gasteiger partial charge in [0.15, 0.2) is 4.77 Å². The maximum absolute atomic E-state index is 11.6. The molecular formula is C10H8N2O3S. The molecule has 2 aromatic heterocycles. The van der Waals surface area contributed by atoms with Crippen molar-refractivity contribution in [2.24, 2.45) is 0 Å². The Bertz CT molecular complexity index is 645. The van der Waals surface area contributed by atoms with Gasteiger partial charge in [0, 0.05) is 12.3 Å². The molecule has 6 heteroatoms. The van der Waals surface area contributed by atoms with Crippen LogP contribution in [0, 0.1) is 11.7 Å². The molecule has 16 heavy (non-hydrogen) atoms. The normalized spacial score (nSPS) is 10.3. The molecule has 0 bridgehead atoms. The van der Waals surface area contributed by atoms with Gasteiger partial charge < -0.3 is 14.5 Å². The molecule has 2 heterocycles. The van der Waals surface area contributed by atoms with Crippen LogP contribution in [0.3, 0.4) is 0 Å². The number of rotatable bonds is 1. The summed E-state index contributed by atoms with van der Waals surface area (Å²) in [6.45, 7) is 1.58. The highest BCUT2D eigenvalue weighted by atomic mass is 32.1. The summed E-state index contributed by atoms with van der Waals surface area (Å²) in [5.74, 6) is 0.199. The fourth-order valence-electron chi connectivity index (χ4n) is 1.36. The predicted octanol–water partition coefficient (Wildman–Crippen LogP) is 1.77. The number of aromatic amines is 1. The lowest BCUT2D eigenvalue weighted by Crippen LogP contribution is -2.05. The van der Waals surface area contributed by atoms with Gasteiger partial charge in [0.25, 0.3) is 0 Å². The molecule has 0 spiro atoms. The van der Waals surface area contributed by atoms with Gasteiger partial charge in [0.05, 0.1) is 5.69 Å². The molecule has 0 saturated heterocycles. The van der Waals surface area contributed by atoms with E-state index in [-0.39, 0.29) is 16.1 Å². The average Bonchev–Trinajstić information content (AvgIpc) is 2.15. The minimum absolute atomic E-state index is 0.0547. The van der Waals surface area contributed by atoms with Crippen molar-refractivity contribution >= 4 is 12.2 Å². The Morgan fingerprint density at radius 2 is 2.31 bits per heavy atom. The minimum atomic E-state index is -0.616. The second-order valence-electron chi connectivity index (χ2n) is 3.19. The van der Waals surface area contributed by atoms with Crippen LogP contribution in [0.5, 0.6) is 5.75 Å². The molecule has 0 unspecified atom stereocenters. The van der Waals surface area contributed by atoms with Crippen molar-refractivity contribution in [1.82, 2.24) is 9.97 Å². The quantitative estimate of drug-likeness (QED) is 0.738. The number of hydrogen-bond acceptors (Lipinski definition) is 5. The molecule has 0 fully saturated rings. The fourth-order valence-corrected chi connectivity index (χ4v) is 1.53. The number of H-pyrrole nitrogens is 1. The van der Waals surface area contributed by atoms with Crippen LogP contribution < -0.4 is 5.63 Å². The first kappa shape index (κ1) is 10.6. The molecule has 2 rings (SSSR count). The summed E-state index contributed by atoms with van der Waals surface area (Å²) in [4.78, 5) is 18.1. The van der Waals surface area contributed by atoms with Gasteiger partial charge in [0.1, 0.15) is 17.1 Å². The van der Waals surface area contributed by atoms with E-state index in [0.29, 0.717) is 11.5 Å². The van der Waals surface area contributed by atoms with Gasteiger partial charge >= 0.3 is 5.63 Å². The van der Waals surface area contributed by atoms with Crippen molar-refractivity contribution in [1.29, 1.82) is 0 Å². The predicted molar refractivity (Wildman–Crippen MR) is 59.8 cm³/mol. The highest BCUT2D eigenvalue weighted by molar-refractivity contribution is 7.71. The van der Waals surface area contributed by atoms with Gasteiger partial charge in [-0.1, -0.05) is 0 Å².